The van der Waals surface area contributed by atoms with Crippen molar-refractivity contribution in [3.63, 3.8) is 0 Å². The molecule has 1 fully saturated rings. The van der Waals surface area contributed by atoms with E-state index in [2.05, 4.69) is 13.8 Å². The molecule has 0 N–H and O–H groups in total. The second kappa shape index (κ2) is 9.54. The summed E-state index contributed by atoms with van der Waals surface area (Å²) in [5.74, 6) is -0.636. The monoisotopic (exact) mass is 380 g/mol. The summed E-state index contributed by atoms with van der Waals surface area (Å²) < 4.78 is 11.3. The van der Waals surface area contributed by atoms with Crippen LogP contribution in [0.2, 0.25) is 0 Å². The predicted molar refractivity (Wildman–Crippen MR) is 108 cm³/mol. The van der Waals surface area contributed by atoms with Crippen molar-refractivity contribution in [2.24, 2.45) is 0 Å². The van der Waals surface area contributed by atoms with Gasteiger partial charge >= 0.3 is 11.9 Å². The van der Waals surface area contributed by atoms with E-state index in [0.717, 1.165) is 31.2 Å². The lowest BCUT2D eigenvalue weighted by atomic mass is 9.97. The normalized spacial score (nSPS) is 15.8. The summed E-state index contributed by atoms with van der Waals surface area (Å²) >= 11 is 0. The van der Waals surface area contributed by atoms with Crippen molar-refractivity contribution in [1.29, 1.82) is 0 Å². The summed E-state index contributed by atoms with van der Waals surface area (Å²) in [5, 5.41) is 0. The Hall–Kier alpha value is -2.62. The number of esters is 2. The van der Waals surface area contributed by atoms with Crippen LogP contribution in [-0.2, 0) is 14.3 Å². The van der Waals surface area contributed by atoms with E-state index in [1.165, 1.54) is 6.42 Å². The number of benzene rings is 2. The summed E-state index contributed by atoms with van der Waals surface area (Å²) in [4.78, 5) is 25.5. The zero-order valence-electron chi connectivity index (χ0n) is 16.6. The van der Waals surface area contributed by atoms with Crippen molar-refractivity contribution in [2.45, 2.75) is 64.1 Å². The van der Waals surface area contributed by atoms with Crippen LogP contribution in [-0.4, -0.2) is 18.0 Å². The van der Waals surface area contributed by atoms with Gasteiger partial charge in [-0.05, 0) is 49.3 Å². The smallest absolute Gasteiger partial charge is 0.352 e. The van der Waals surface area contributed by atoms with Crippen LogP contribution in [0.4, 0.5) is 0 Å². The molecule has 1 aliphatic carbocycles. The lowest BCUT2D eigenvalue weighted by Crippen LogP contribution is -2.27. The maximum atomic E-state index is 12.8. The van der Waals surface area contributed by atoms with E-state index in [9.17, 15) is 9.59 Å². The second-order valence-corrected chi connectivity index (χ2v) is 7.67. The highest BCUT2D eigenvalue weighted by Gasteiger charge is 2.30. The van der Waals surface area contributed by atoms with E-state index >= 15 is 0 Å². The van der Waals surface area contributed by atoms with Crippen LogP contribution < -0.4 is 0 Å². The first kappa shape index (κ1) is 20.1. The maximum absolute atomic E-state index is 12.8. The molecule has 0 spiro atoms. The standard InChI is InChI=1S/C24H28O4/c1-17(2)18-13-15-20(16-14-18)23(25)28-22(19-9-5-3-6-10-19)24(26)27-21-11-7-4-8-12-21/h3,5-6,9-10,13-17,21-22H,4,7-8,11-12H2,1-2H3. The molecule has 4 heteroatoms. The first-order valence-corrected chi connectivity index (χ1v) is 10.1. The molecule has 1 unspecified atom stereocenters. The van der Waals surface area contributed by atoms with Crippen LogP contribution in [0.15, 0.2) is 54.6 Å². The Labute approximate surface area is 166 Å². The van der Waals surface area contributed by atoms with Crippen LogP contribution in [0.1, 0.15) is 79.5 Å². The Morgan fingerprint density at radius 3 is 2.11 bits per heavy atom. The molecule has 148 valence electrons. The first-order chi connectivity index (χ1) is 13.5. The highest BCUT2D eigenvalue weighted by Crippen LogP contribution is 2.26. The van der Waals surface area contributed by atoms with Crippen molar-refractivity contribution < 1.29 is 19.1 Å². The van der Waals surface area contributed by atoms with Gasteiger partial charge in [0.1, 0.15) is 6.10 Å². The van der Waals surface area contributed by atoms with E-state index in [0.29, 0.717) is 17.0 Å². The van der Waals surface area contributed by atoms with E-state index < -0.39 is 18.0 Å². The molecule has 1 saturated carbocycles. The number of carbonyl (C=O) groups excluding carboxylic acids is 2. The molecule has 28 heavy (non-hydrogen) atoms. The topological polar surface area (TPSA) is 52.6 Å². The molecule has 0 aliphatic heterocycles. The van der Waals surface area contributed by atoms with Gasteiger partial charge in [0.25, 0.3) is 0 Å². The zero-order chi connectivity index (χ0) is 19.9. The van der Waals surface area contributed by atoms with Gasteiger partial charge < -0.3 is 9.47 Å². The van der Waals surface area contributed by atoms with Gasteiger partial charge in [0.05, 0.1) is 5.56 Å². The third-order valence-electron chi connectivity index (χ3n) is 5.19. The molecule has 2 aromatic carbocycles. The molecule has 0 aromatic heterocycles. The van der Waals surface area contributed by atoms with Crippen LogP contribution in [0.25, 0.3) is 0 Å². The minimum absolute atomic E-state index is 0.0866. The average Bonchev–Trinajstić information content (AvgIpc) is 2.73. The van der Waals surface area contributed by atoms with E-state index in [-0.39, 0.29) is 6.10 Å². The lowest BCUT2D eigenvalue weighted by molar-refractivity contribution is -0.161. The van der Waals surface area contributed by atoms with Crippen molar-refractivity contribution in [3.8, 4) is 0 Å². The third kappa shape index (κ3) is 5.22. The van der Waals surface area contributed by atoms with Gasteiger partial charge in [0.2, 0.25) is 6.10 Å². The molecule has 3 rings (SSSR count). The molecular formula is C24H28O4. The first-order valence-electron chi connectivity index (χ1n) is 10.1. The minimum atomic E-state index is -1.06. The summed E-state index contributed by atoms with van der Waals surface area (Å²) in [7, 11) is 0. The molecule has 0 amide bonds. The lowest BCUT2D eigenvalue weighted by Gasteiger charge is -2.25. The van der Waals surface area contributed by atoms with Gasteiger partial charge in [0, 0.05) is 5.56 Å². The highest BCUT2D eigenvalue weighted by atomic mass is 16.6. The minimum Gasteiger partial charge on any atom is -0.459 e. The van der Waals surface area contributed by atoms with E-state index in [4.69, 9.17) is 9.47 Å². The van der Waals surface area contributed by atoms with Crippen molar-refractivity contribution >= 4 is 11.9 Å². The Balaban J connectivity index is 1.74. The van der Waals surface area contributed by atoms with Crippen LogP contribution >= 0.6 is 0 Å². The SMILES string of the molecule is CC(C)c1ccc(C(=O)OC(C(=O)OC2CCCCC2)c2ccccc2)cc1. The quantitative estimate of drug-likeness (QED) is 0.614. The largest absolute Gasteiger partial charge is 0.459 e. The number of hydrogen-bond donors (Lipinski definition) is 0. The maximum Gasteiger partial charge on any atom is 0.352 e. The number of carbonyl (C=O) groups is 2. The van der Waals surface area contributed by atoms with Gasteiger partial charge in [0.15, 0.2) is 0 Å². The number of hydrogen-bond acceptors (Lipinski definition) is 4. The summed E-state index contributed by atoms with van der Waals surface area (Å²) in [6.07, 6.45) is 3.91. The van der Waals surface area contributed by atoms with E-state index in [1.54, 1.807) is 24.3 Å². The molecule has 2 aromatic rings. The molecule has 0 radical (unpaired) electrons. The Morgan fingerprint density at radius 2 is 1.50 bits per heavy atom. The van der Waals surface area contributed by atoms with Crippen LogP contribution in [0.3, 0.4) is 0 Å². The average molecular weight is 380 g/mol. The predicted octanol–water partition coefficient (Wildman–Crippen LogP) is 5.58. The Kier molecular flexibility index (Phi) is 6.85. The van der Waals surface area contributed by atoms with Crippen molar-refractivity contribution in [1.82, 2.24) is 0 Å². The van der Waals surface area contributed by atoms with Gasteiger partial charge in [-0.1, -0.05) is 62.7 Å². The van der Waals surface area contributed by atoms with Gasteiger partial charge in [-0.2, -0.15) is 0 Å². The summed E-state index contributed by atoms with van der Waals surface area (Å²) in [5.41, 5.74) is 2.19. The molecule has 0 saturated heterocycles. The summed E-state index contributed by atoms with van der Waals surface area (Å²) in [6, 6.07) is 16.4. The fraction of sp³-hybridized carbons (Fsp3) is 0.417. The molecule has 0 heterocycles. The van der Waals surface area contributed by atoms with Crippen molar-refractivity contribution in [2.75, 3.05) is 0 Å². The highest BCUT2D eigenvalue weighted by molar-refractivity contribution is 5.91. The van der Waals surface area contributed by atoms with Gasteiger partial charge in [-0.15, -0.1) is 0 Å². The molecule has 4 nitrogen and oxygen atoms in total. The fourth-order valence-corrected chi connectivity index (χ4v) is 3.47. The summed E-state index contributed by atoms with van der Waals surface area (Å²) in [6.45, 7) is 4.19. The Bertz CT molecular complexity index is 774. The molecule has 1 aliphatic rings. The molecular weight excluding hydrogens is 352 g/mol. The zero-order valence-corrected chi connectivity index (χ0v) is 16.6. The van der Waals surface area contributed by atoms with Crippen LogP contribution in [0.5, 0.6) is 0 Å². The fourth-order valence-electron chi connectivity index (χ4n) is 3.47. The number of rotatable bonds is 6. The Morgan fingerprint density at radius 1 is 0.857 bits per heavy atom. The third-order valence-corrected chi connectivity index (χ3v) is 5.19. The second-order valence-electron chi connectivity index (χ2n) is 7.67. The number of ether oxygens (including phenoxy) is 2. The van der Waals surface area contributed by atoms with Crippen LogP contribution in [0, 0.1) is 0 Å². The molecule has 1 atom stereocenters. The molecule has 0 bridgehead atoms. The van der Waals surface area contributed by atoms with Crippen molar-refractivity contribution in [3.05, 3.63) is 71.3 Å². The van der Waals surface area contributed by atoms with E-state index in [1.807, 2.05) is 30.3 Å². The van der Waals surface area contributed by atoms with Gasteiger partial charge in [-0.25, -0.2) is 9.59 Å². The van der Waals surface area contributed by atoms with Gasteiger partial charge in [-0.3, -0.25) is 0 Å².